The van der Waals surface area contributed by atoms with Crippen LogP contribution in [-0.2, 0) is 9.47 Å². The Hall–Kier alpha value is -0.160. The van der Waals surface area contributed by atoms with E-state index in [1.54, 1.807) is 14.2 Å². The minimum atomic E-state index is -0.142. The van der Waals surface area contributed by atoms with E-state index in [4.69, 9.17) is 15.2 Å². The van der Waals surface area contributed by atoms with Crippen molar-refractivity contribution in [3.63, 3.8) is 0 Å². The van der Waals surface area contributed by atoms with Crippen molar-refractivity contribution in [2.24, 2.45) is 5.73 Å². The topological polar surface area (TPSA) is 56.5 Å². The second-order valence-electron chi connectivity index (χ2n) is 3.58. The lowest BCUT2D eigenvalue weighted by molar-refractivity contribution is -0.0998. The second-order valence-corrected chi connectivity index (χ2v) is 3.58. The molecule has 2 atom stereocenters. The smallest absolute Gasteiger partial charge is 0.169 e. The summed E-state index contributed by atoms with van der Waals surface area (Å²) in [4.78, 5) is 0. The molecule has 0 bridgehead atoms. The Labute approximate surface area is 79.8 Å². The predicted octanol–water partition coefficient (Wildman–Crippen LogP) is 0.0747. The molecule has 4 heteroatoms. The van der Waals surface area contributed by atoms with Gasteiger partial charge < -0.3 is 20.5 Å². The van der Waals surface area contributed by atoms with E-state index in [2.05, 4.69) is 5.32 Å². The highest BCUT2D eigenvalue weighted by molar-refractivity contribution is 4.82. The maximum atomic E-state index is 5.79. The molecule has 0 aliphatic heterocycles. The molecular weight excluding hydrogens is 168 g/mol. The quantitative estimate of drug-likeness (QED) is 0.600. The monoisotopic (exact) mass is 188 g/mol. The molecule has 3 N–H and O–H groups in total. The van der Waals surface area contributed by atoms with Crippen LogP contribution in [0.2, 0.25) is 0 Å². The van der Waals surface area contributed by atoms with Crippen LogP contribution < -0.4 is 11.1 Å². The van der Waals surface area contributed by atoms with Gasteiger partial charge in [0.15, 0.2) is 6.29 Å². The van der Waals surface area contributed by atoms with E-state index in [-0.39, 0.29) is 6.29 Å². The van der Waals surface area contributed by atoms with Gasteiger partial charge in [-0.1, -0.05) is 0 Å². The van der Waals surface area contributed by atoms with Gasteiger partial charge in [0.1, 0.15) is 0 Å². The van der Waals surface area contributed by atoms with E-state index < -0.39 is 0 Å². The molecule has 0 heterocycles. The minimum Gasteiger partial charge on any atom is -0.355 e. The standard InChI is InChI=1S/C9H20N2O2/c1-12-9(13-2)6-11-8-4-3-7(10)5-8/h7-9,11H,3-6,10H2,1-2H3. The molecule has 2 unspecified atom stereocenters. The molecule has 78 valence electrons. The van der Waals surface area contributed by atoms with Gasteiger partial charge in [-0.25, -0.2) is 0 Å². The molecular formula is C9H20N2O2. The second kappa shape index (κ2) is 5.54. The predicted molar refractivity (Wildman–Crippen MR) is 51.4 cm³/mol. The molecule has 1 fully saturated rings. The molecule has 13 heavy (non-hydrogen) atoms. The van der Waals surface area contributed by atoms with Gasteiger partial charge >= 0.3 is 0 Å². The zero-order chi connectivity index (χ0) is 9.68. The number of rotatable bonds is 5. The molecule has 0 aromatic rings. The average Bonchev–Trinajstić information content (AvgIpc) is 2.53. The maximum Gasteiger partial charge on any atom is 0.169 e. The van der Waals surface area contributed by atoms with Gasteiger partial charge in [-0.05, 0) is 19.3 Å². The average molecular weight is 188 g/mol. The Morgan fingerprint density at radius 1 is 1.38 bits per heavy atom. The molecule has 1 rings (SSSR count). The van der Waals surface area contributed by atoms with Crippen molar-refractivity contribution in [1.82, 2.24) is 5.32 Å². The first-order valence-corrected chi connectivity index (χ1v) is 4.80. The van der Waals surface area contributed by atoms with Crippen molar-refractivity contribution < 1.29 is 9.47 Å². The number of nitrogens with one attached hydrogen (secondary N) is 1. The van der Waals surface area contributed by atoms with E-state index in [9.17, 15) is 0 Å². The van der Waals surface area contributed by atoms with Crippen LogP contribution in [0.15, 0.2) is 0 Å². The minimum absolute atomic E-state index is 0.142. The highest BCUT2D eigenvalue weighted by atomic mass is 16.7. The maximum absolute atomic E-state index is 5.79. The van der Waals surface area contributed by atoms with Crippen LogP contribution >= 0.6 is 0 Å². The molecule has 1 aliphatic carbocycles. The Kier molecular flexibility index (Phi) is 4.66. The van der Waals surface area contributed by atoms with E-state index in [0.29, 0.717) is 12.1 Å². The lowest BCUT2D eigenvalue weighted by atomic mass is 10.2. The number of hydrogen-bond donors (Lipinski definition) is 2. The van der Waals surface area contributed by atoms with Crippen LogP contribution in [0.25, 0.3) is 0 Å². The summed E-state index contributed by atoms with van der Waals surface area (Å²) in [6.45, 7) is 0.740. The largest absolute Gasteiger partial charge is 0.355 e. The fourth-order valence-electron chi connectivity index (χ4n) is 1.73. The van der Waals surface area contributed by atoms with Gasteiger partial charge in [0.2, 0.25) is 0 Å². The van der Waals surface area contributed by atoms with Gasteiger partial charge in [0, 0.05) is 32.8 Å². The number of methoxy groups -OCH3 is 2. The summed E-state index contributed by atoms with van der Waals surface area (Å²) in [5, 5.41) is 3.38. The van der Waals surface area contributed by atoms with Crippen LogP contribution in [0, 0.1) is 0 Å². The molecule has 1 saturated carbocycles. The van der Waals surface area contributed by atoms with Crippen LogP contribution in [0.1, 0.15) is 19.3 Å². The van der Waals surface area contributed by atoms with Crippen molar-refractivity contribution in [3.05, 3.63) is 0 Å². The number of nitrogens with two attached hydrogens (primary N) is 1. The lowest BCUT2D eigenvalue weighted by Crippen LogP contribution is -2.36. The van der Waals surface area contributed by atoms with E-state index in [1.165, 1.54) is 6.42 Å². The highest BCUT2D eigenvalue weighted by Gasteiger charge is 2.21. The third-order valence-electron chi connectivity index (χ3n) is 2.57. The first kappa shape index (κ1) is 10.9. The zero-order valence-corrected chi connectivity index (χ0v) is 8.45. The van der Waals surface area contributed by atoms with Gasteiger partial charge in [-0.3, -0.25) is 0 Å². The molecule has 0 aromatic carbocycles. The van der Waals surface area contributed by atoms with Crippen LogP contribution in [0.4, 0.5) is 0 Å². The van der Waals surface area contributed by atoms with Crippen molar-refractivity contribution >= 4 is 0 Å². The van der Waals surface area contributed by atoms with Crippen LogP contribution in [-0.4, -0.2) is 39.1 Å². The van der Waals surface area contributed by atoms with Gasteiger partial charge in [-0.2, -0.15) is 0 Å². The molecule has 0 aromatic heterocycles. The summed E-state index contributed by atoms with van der Waals surface area (Å²) in [7, 11) is 3.30. The first-order valence-electron chi connectivity index (χ1n) is 4.80. The lowest BCUT2D eigenvalue weighted by Gasteiger charge is -2.17. The van der Waals surface area contributed by atoms with E-state index in [0.717, 1.165) is 19.4 Å². The third-order valence-corrected chi connectivity index (χ3v) is 2.57. The number of hydrogen-bond acceptors (Lipinski definition) is 4. The molecule has 0 radical (unpaired) electrons. The van der Waals surface area contributed by atoms with Crippen molar-refractivity contribution in [1.29, 1.82) is 0 Å². The molecule has 0 spiro atoms. The van der Waals surface area contributed by atoms with Crippen LogP contribution in [0.3, 0.4) is 0 Å². The fourth-order valence-corrected chi connectivity index (χ4v) is 1.73. The van der Waals surface area contributed by atoms with Gasteiger partial charge in [0.05, 0.1) is 0 Å². The Morgan fingerprint density at radius 3 is 2.54 bits per heavy atom. The fraction of sp³-hybridized carbons (Fsp3) is 1.00. The molecule has 4 nitrogen and oxygen atoms in total. The van der Waals surface area contributed by atoms with Crippen molar-refractivity contribution in [2.45, 2.75) is 37.6 Å². The van der Waals surface area contributed by atoms with Gasteiger partial charge in [0.25, 0.3) is 0 Å². The van der Waals surface area contributed by atoms with E-state index in [1.807, 2.05) is 0 Å². The normalized spacial score (nSPS) is 28.6. The summed E-state index contributed by atoms with van der Waals surface area (Å²) >= 11 is 0. The molecule has 0 saturated heterocycles. The van der Waals surface area contributed by atoms with E-state index >= 15 is 0 Å². The van der Waals surface area contributed by atoms with Crippen LogP contribution in [0.5, 0.6) is 0 Å². The summed E-state index contributed by atoms with van der Waals surface area (Å²) in [6, 6.07) is 0.920. The van der Waals surface area contributed by atoms with Crippen molar-refractivity contribution in [3.8, 4) is 0 Å². The van der Waals surface area contributed by atoms with Crippen molar-refractivity contribution in [2.75, 3.05) is 20.8 Å². The summed E-state index contributed by atoms with van der Waals surface area (Å²) in [6.07, 6.45) is 3.22. The third kappa shape index (κ3) is 3.60. The molecule has 1 aliphatic rings. The van der Waals surface area contributed by atoms with Gasteiger partial charge in [-0.15, -0.1) is 0 Å². The molecule has 0 amide bonds. The number of ether oxygens (including phenoxy) is 2. The Morgan fingerprint density at radius 2 is 2.08 bits per heavy atom. The first-order chi connectivity index (χ1) is 6.26. The SMILES string of the molecule is COC(CNC1CCC(N)C1)OC. The Balaban J connectivity index is 2.11. The Bertz CT molecular complexity index is 140. The summed E-state index contributed by atoms with van der Waals surface area (Å²) < 4.78 is 10.1. The summed E-state index contributed by atoms with van der Waals surface area (Å²) in [5.74, 6) is 0. The summed E-state index contributed by atoms with van der Waals surface area (Å²) in [5.41, 5.74) is 5.79. The highest BCUT2D eigenvalue weighted by Crippen LogP contribution is 2.16. The zero-order valence-electron chi connectivity index (χ0n) is 8.45.